The number of halogens is 3. The van der Waals surface area contributed by atoms with Crippen molar-refractivity contribution in [2.45, 2.75) is 38.5 Å². The van der Waals surface area contributed by atoms with Crippen LogP contribution in [0.3, 0.4) is 0 Å². The molecule has 2 unspecified atom stereocenters. The Hall–Kier alpha value is -0.820. The van der Waals surface area contributed by atoms with Crippen LogP contribution in [0, 0.1) is 0 Å². The fourth-order valence-electron chi connectivity index (χ4n) is 2.10. The van der Waals surface area contributed by atoms with Crippen molar-refractivity contribution in [3.63, 3.8) is 0 Å². The van der Waals surface area contributed by atoms with E-state index in [1.807, 2.05) is 13.8 Å². The van der Waals surface area contributed by atoms with Crippen LogP contribution in [0.15, 0.2) is 0 Å². The molecule has 4 nitrogen and oxygen atoms in total. The molecule has 0 radical (unpaired) electrons. The fraction of sp³-hybridized carbons (Fsp3) is 0.909. The van der Waals surface area contributed by atoms with Crippen LogP contribution < -0.4 is 5.32 Å². The van der Waals surface area contributed by atoms with Gasteiger partial charge in [-0.15, -0.1) is 0 Å². The number of piperazine rings is 1. The van der Waals surface area contributed by atoms with Gasteiger partial charge in [0, 0.05) is 25.2 Å². The third kappa shape index (κ3) is 4.81. The van der Waals surface area contributed by atoms with Gasteiger partial charge >= 0.3 is 6.18 Å². The van der Waals surface area contributed by atoms with Gasteiger partial charge in [0.25, 0.3) is 0 Å². The Bertz CT molecular complexity index is 274. The van der Waals surface area contributed by atoms with Crippen molar-refractivity contribution >= 4 is 5.91 Å². The standard InChI is InChI=1S/C11H19F3N2O2/c1-8-5-15-6-9(2)16(8)10(17)3-4-18-7-11(12,13)14/h8-9,15H,3-7H2,1-2H3. The lowest BCUT2D eigenvalue weighted by Crippen LogP contribution is -2.57. The van der Waals surface area contributed by atoms with Crippen molar-refractivity contribution in [2.75, 3.05) is 26.3 Å². The molecule has 0 spiro atoms. The molecule has 0 saturated carbocycles. The van der Waals surface area contributed by atoms with Gasteiger partial charge in [0.1, 0.15) is 6.61 Å². The van der Waals surface area contributed by atoms with Crippen molar-refractivity contribution in [3.8, 4) is 0 Å². The molecule has 2 atom stereocenters. The van der Waals surface area contributed by atoms with Crippen LogP contribution >= 0.6 is 0 Å². The smallest absolute Gasteiger partial charge is 0.372 e. The molecule has 1 aliphatic heterocycles. The summed E-state index contributed by atoms with van der Waals surface area (Å²) in [5.41, 5.74) is 0. The van der Waals surface area contributed by atoms with Crippen LogP contribution in [-0.4, -0.2) is 55.4 Å². The Kier molecular flexibility index (Phi) is 5.40. The second kappa shape index (κ2) is 6.38. The third-order valence-corrected chi connectivity index (χ3v) is 2.84. The van der Waals surface area contributed by atoms with E-state index in [4.69, 9.17) is 0 Å². The highest BCUT2D eigenvalue weighted by Crippen LogP contribution is 2.15. The Labute approximate surface area is 104 Å². The highest BCUT2D eigenvalue weighted by atomic mass is 19.4. The number of alkyl halides is 3. The highest BCUT2D eigenvalue weighted by molar-refractivity contribution is 5.77. The topological polar surface area (TPSA) is 41.6 Å². The summed E-state index contributed by atoms with van der Waals surface area (Å²) in [6.45, 7) is 3.75. The van der Waals surface area contributed by atoms with E-state index in [1.54, 1.807) is 4.90 Å². The first kappa shape index (κ1) is 15.2. The minimum atomic E-state index is -4.33. The zero-order valence-electron chi connectivity index (χ0n) is 10.6. The number of carbonyl (C=O) groups excluding carboxylic acids is 1. The van der Waals surface area contributed by atoms with Crippen molar-refractivity contribution in [1.82, 2.24) is 10.2 Å². The number of ether oxygens (including phenoxy) is 1. The van der Waals surface area contributed by atoms with Gasteiger partial charge < -0.3 is 15.0 Å². The summed E-state index contributed by atoms with van der Waals surface area (Å²) in [7, 11) is 0. The Morgan fingerprint density at radius 1 is 1.33 bits per heavy atom. The van der Waals surface area contributed by atoms with Crippen LogP contribution in [0.1, 0.15) is 20.3 Å². The Morgan fingerprint density at radius 3 is 2.39 bits per heavy atom. The van der Waals surface area contributed by atoms with Crippen molar-refractivity contribution < 1.29 is 22.7 Å². The first-order chi connectivity index (χ1) is 8.31. The van der Waals surface area contributed by atoms with Crippen LogP contribution in [0.2, 0.25) is 0 Å². The second-order valence-corrected chi connectivity index (χ2v) is 4.58. The summed E-state index contributed by atoms with van der Waals surface area (Å²) in [6.07, 6.45) is -4.34. The molecule has 106 valence electrons. The summed E-state index contributed by atoms with van der Waals surface area (Å²) in [5.74, 6) is -0.154. The first-order valence-electron chi connectivity index (χ1n) is 5.97. The molecule has 0 aromatic rings. The van der Waals surface area contributed by atoms with Gasteiger partial charge in [-0.2, -0.15) is 13.2 Å². The van der Waals surface area contributed by atoms with Gasteiger partial charge in [0.15, 0.2) is 0 Å². The van der Waals surface area contributed by atoms with Gasteiger partial charge in [-0.3, -0.25) is 4.79 Å². The average molecular weight is 268 g/mol. The molecule has 1 fully saturated rings. The van der Waals surface area contributed by atoms with Crippen LogP contribution in [0.25, 0.3) is 0 Å². The molecular weight excluding hydrogens is 249 g/mol. The van der Waals surface area contributed by atoms with Gasteiger partial charge in [0.2, 0.25) is 5.91 Å². The SMILES string of the molecule is CC1CNCC(C)N1C(=O)CCOCC(F)(F)F. The molecule has 0 aliphatic carbocycles. The van der Waals surface area contributed by atoms with E-state index in [9.17, 15) is 18.0 Å². The number of carbonyl (C=O) groups is 1. The zero-order valence-corrected chi connectivity index (χ0v) is 10.6. The molecule has 1 aliphatic rings. The van der Waals surface area contributed by atoms with E-state index in [2.05, 4.69) is 10.1 Å². The van der Waals surface area contributed by atoms with Crippen LogP contribution in [0.4, 0.5) is 13.2 Å². The largest absolute Gasteiger partial charge is 0.411 e. The Morgan fingerprint density at radius 2 is 1.89 bits per heavy atom. The molecule has 0 aromatic carbocycles. The van der Waals surface area contributed by atoms with Gasteiger partial charge in [0.05, 0.1) is 13.0 Å². The predicted molar refractivity (Wildman–Crippen MR) is 60.1 cm³/mol. The maximum absolute atomic E-state index is 11.9. The highest BCUT2D eigenvalue weighted by Gasteiger charge is 2.30. The van der Waals surface area contributed by atoms with E-state index in [0.29, 0.717) is 13.1 Å². The summed E-state index contributed by atoms with van der Waals surface area (Å²) in [4.78, 5) is 13.6. The Balaban J connectivity index is 2.31. The number of rotatable bonds is 4. The second-order valence-electron chi connectivity index (χ2n) is 4.58. The van der Waals surface area contributed by atoms with Crippen molar-refractivity contribution in [2.24, 2.45) is 0 Å². The maximum atomic E-state index is 11.9. The molecule has 1 rings (SSSR count). The minimum Gasteiger partial charge on any atom is -0.372 e. The number of nitrogens with one attached hydrogen (secondary N) is 1. The molecular formula is C11H19F3N2O2. The lowest BCUT2D eigenvalue weighted by molar-refractivity contribution is -0.175. The van der Waals surface area contributed by atoms with E-state index >= 15 is 0 Å². The molecule has 0 bridgehead atoms. The summed E-state index contributed by atoms with van der Waals surface area (Å²) in [5, 5.41) is 3.18. The normalized spacial score (nSPS) is 25.3. The molecule has 1 heterocycles. The lowest BCUT2D eigenvalue weighted by atomic mass is 10.1. The number of nitrogens with zero attached hydrogens (tertiary/aromatic N) is 1. The molecule has 7 heteroatoms. The summed E-state index contributed by atoms with van der Waals surface area (Å²) >= 11 is 0. The number of hydrogen-bond donors (Lipinski definition) is 1. The van der Waals surface area contributed by atoms with E-state index in [1.165, 1.54) is 0 Å². The van der Waals surface area contributed by atoms with E-state index in [-0.39, 0.29) is 31.0 Å². The quantitative estimate of drug-likeness (QED) is 0.778. The van der Waals surface area contributed by atoms with Crippen molar-refractivity contribution in [1.29, 1.82) is 0 Å². The maximum Gasteiger partial charge on any atom is 0.411 e. The van der Waals surface area contributed by atoms with E-state index < -0.39 is 12.8 Å². The van der Waals surface area contributed by atoms with Gasteiger partial charge in [-0.1, -0.05) is 0 Å². The molecule has 18 heavy (non-hydrogen) atoms. The summed E-state index contributed by atoms with van der Waals surface area (Å²) < 4.78 is 39.9. The monoisotopic (exact) mass is 268 g/mol. The average Bonchev–Trinajstić information content (AvgIpc) is 2.23. The predicted octanol–water partition coefficient (Wildman–Crippen LogP) is 1.16. The first-order valence-corrected chi connectivity index (χ1v) is 5.97. The number of hydrogen-bond acceptors (Lipinski definition) is 3. The van der Waals surface area contributed by atoms with Crippen LogP contribution in [-0.2, 0) is 9.53 Å². The van der Waals surface area contributed by atoms with E-state index in [0.717, 1.165) is 0 Å². The van der Waals surface area contributed by atoms with Crippen molar-refractivity contribution in [3.05, 3.63) is 0 Å². The third-order valence-electron chi connectivity index (χ3n) is 2.84. The lowest BCUT2D eigenvalue weighted by Gasteiger charge is -2.39. The molecule has 1 amide bonds. The minimum absolute atomic E-state index is 0.00917. The van der Waals surface area contributed by atoms with Gasteiger partial charge in [-0.05, 0) is 13.8 Å². The zero-order chi connectivity index (χ0) is 13.8. The number of amides is 1. The molecule has 1 saturated heterocycles. The molecule has 0 aromatic heterocycles. The fourth-order valence-corrected chi connectivity index (χ4v) is 2.10. The van der Waals surface area contributed by atoms with Crippen LogP contribution in [0.5, 0.6) is 0 Å². The molecule has 1 N–H and O–H groups in total. The summed E-state index contributed by atoms with van der Waals surface area (Å²) in [6, 6.07) is 0.118. The van der Waals surface area contributed by atoms with Gasteiger partial charge in [-0.25, -0.2) is 0 Å².